The zero-order chi connectivity index (χ0) is 17.4. The quantitative estimate of drug-likeness (QED) is 0.657. The van der Waals surface area contributed by atoms with E-state index in [0.717, 1.165) is 40.2 Å². The Morgan fingerprint density at radius 1 is 1.12 bits per heavy atom. The smallest absolute Gasteiger partial charge is 0.133 e. The Bertz CT molecular complexity index is 929. The second-order valence-corrected chi connectivity index (χ2v) is 7.57. The molecule has 5 heteroatoms. The summed E-state index contributed by atoms with van der Waals surface area (Å²) in [6, 6.07) is 8.61. The van der Waals surface area contributed by atoms with Gasteiger partial charge in [0, 0.05) is 34.5 Å². The molecule has 25 heavy (non-hydrogen) atoms. The number of benzene rings is 1. The van der Waals surface area contributed by atoms with Gasteiger partial charge in [-0.25, -0.2) is 4.68 Å². The van der Waals surface area contributed by atoms with Crippen molar-refractivity contribution in [2.24, 2.45) is 0 Å². The topological polar surface area (TPSA) is 42.7 Å². The van der Waals surface area contributed by atoms with Gasteiger partial charge >= 0.3 is 0 Å². The molecule has 4 nitrogen and oxygen atoms in total. The van der Waals surface area contributed by atoms with Gasteiger partial charge in [0.15, 0.2) is 0 Å². The molecule has 0 aliphatic carbocycles. The van der Waals surface area contributed by atoms with Gasteiger partial charge in [0.2, 0.25) is 0 Å². The molecule has 0 spiro atoms. The SMILES string of the molecule is Cc1ccc(C)c(-n2nc(-c3cncc(Br)c3)c3c2NCCCC3)c1. The van der Waals surface area contributed by atoms with E-state index in [9.17, 15) is 0 Å². The summed E-state index contributed by atoms with van der Waals surface area (Å²) in [5.41, 5.74) is 6.97. The minimum Gasteiger partial charge on any atom is -0.370 e. The predicted octanol–water partition coefficient (Wildman–Crippen LogP) is 5.06. The number of halogens is 1. The first-order chi connectivity index (χ1) is 12.1. The van der Waals surface area contributed by atoms with Gasteiger partial charge in [-0.1, -0.05) is 12.1 Å². The van der Waals surface area contributed by atoms with Crippen LogP contribution in [0.15, 0.2) is 41.1 Å². The minimum atomic E-state index is 0.974. The van der Waals surface area contributed by atoms with Crippen molar-refractivity contribution in [3.63, 3.8) is 0 Å². The Labute approximate surface area is 156 Å². The van der Waals surface area contributed by atoms with Crippen LogP contribution in [0.1, 0.15) is 29.5 Å². The summed E-state index contributed by atoms with van der Waals surface area (Å²) in [6.45, 7) is 5.25. The van der Waals surface area contributed by atoms with Crippen LogP contribution < -0.4 is 5.32 Å². The summed E-state index contributed by atoms with van der Waals surface area (Å²) < 4.78 is 3.06. The fourth-order valence-corrected chi connectivity index (χ4v) is 3.76. The molecule has 1 aliphatic heterocycles. The number of fused-ring (bicyclic) bond motifs is 1. The Kier molecular flexibility index (Phi) is 4.34. The first kappa shape index (κ1) is 16.3. The summed E-state index contributed by atoms with van der Waals surface area (Å²) in [4.78, 5) is 4.33. The monoisotopic (exact) mass is 396 g/mol. The predicted molar refractivity (Wildman–Crippen MR) is 105 cm³/mol. The van der Waals surface area contributed by atoms with Crippen LogP contribution in [-0.2, 0) is 6.42 Å². The van der Waals surface area contributed by atoms with E-state index in [1.165, 1.54) is 29.5 Å². The highest BCUT2D eigenvalue weighted by Crippen LogP contribution is 2.35. The standard InChI is InChI=1S/C20H21BrN4/c1-13-6-7-14(2)18(9-13)25-20-17(5-3-4-8-23-20)19(24-25)15-10-16(21)12-22-11-15/h6-7,9-12,23H,3-5,8H2,1-2H3. The van der Waals surface area contributed by atoms with Crippen LogP contribution in [0.4, 0.5) is 5.82 Å². The maximum absolute atomic E-state index is 5.01. The Hall–Kier alpha value is -2.14. The first-order valence-electron chi connectivity index (χ1n) is 8.68. The molecule has 0 bridgehead atoms. The van der Waals surface area contributed by atoms with Crippen LogP contribution in [0.25, 0.3) is 16.9 Å². The van der Waals surface area contributed by atoms with Crippen LogP contribution >= 0.6 is 15.9 Å². The van der Waals surface area contributed by atoms with Crippen LogP contribution in [0.3, 0.4) is 0 Å². The fourth-order valence-electron chi connectivity index (χ4n) is 3.40. The van der Waals surface area contributed by atoms with E-state index in [1.807, 2.05) is 12.4 Å². The van der Waals surface area contributed by atoms with Gasteiger partial charge in [0.1, 0.15) is 5.82 Å². The minimum absolute atomic E-state index is 0.974. The van der Waals surface area contributed by atoms with Crippen molar-refractivity contribution < 1.29 is 0 Å². The number of pyridine rings is 1. The van der Waals surface area contributed by atoms with E-state index in [0.29, 0.717) is 0 Å². The molecule has 0 saturated heterocycles. The average Bonchev–Trinajstić information content (AvgIpc) is 2.78. The molecule has 0 amide bonds. The molecule has 2 aromatic heterocycles. The van der Waals surface area contributed by atoms with Gasteiger partial charge in [0.25, 0.3) is 0 Å². The normalized spacial score (nSPS) is 13.9. The molecule has 1 N–H and O–H groups in total. The summed E-state index contributed by atoms with van der Waals surface area (Å²) >= 11 is 3.53. The number of hydrogen-bond donors (Lipinski definition) is 1. The summed E-state index contributed by atoms with van der Waals surface area (Å²) in [5.74, 6) is 1.13. The third kappa shape index (κ3) is 3.09. The average molecular weight is 397 g/mol. The number of nitrogens with zero attached hydrogens (tertiary/aromatic N) is 3. The Morgan fingerprint density at radius 2 is 2.00 bits per heavy atom. The van der Waals surface area contributed by atoms with E-state index < -0.39 is 0 Å². The number of hydrogen-bond acceptors (Lipinski definition) is 3. The largest absolute Gasteiger partial charge is 0.370 e. The maximum Gasteiger partial charge on any atom is 0.133 e. The highest BCUT2D eigenvalue weighted by Gasteiger charge is 2.22. The van der Waals surface area contributed by atoms with Crippen LogP contribution in [-0.4, -0.2) is 21.3 Å². The fraction of sp³-hybridized carbons (Fsp3) is 0.300. The van der Waals surface area contributed by atoms with Crippen molar-refractivity contribution in [2.75, 3.05) is 11.9 Å². The molecule has 3 heterocycles. The summed E-state index contributed by atoms with van der Waals surface area (Å²) in [5, 5.41) is 8.62. The van der Waals surface area contributed by atoms with Gasteiger partial charge in [-0.05, 0) is 72.3 Å². The van der Waals surface area contributed by atoms with Crippen molar-refractivity contribution in [3.05, 3.63) is 57.8 Å². The second kappa shape index (κ2) is 6.64. The van der Waals surface area contributed by atoms with E-state index >= 15 is 0 Å². The number of aryl methyl sites for hydroxylation is 2. The van der Waals surface area contributed by atoms with Gasteiger partial charge < -0.3 is 5.32 Å². The Balaban J connectivity index is 1.95. The van der Waals surface area contributed by atoms with E-state index in [2.05, 4.69) is 69.0 Å². The zero-order valence-corrected chi connectivity index (χ0v) is 16.1. The molecule has 1 aliphatic rings. The van der Waals surface area contributed by atoms with Crippen molar-refractivity contribution in [1.82, 2.24) is 14.8 Å². The molecule has 4 rings (SSSR count). The van der Waals surface area contributed by atoms with Crippen LogP contribution in [0, 0.1) is 13.8 Å². The third-order valence-electron chi connectivity index (χ3n) is 4.70. The summed E-state index contributed by atoms with van der Waals surface area (Å²) in [7, 11) is 0. The lowest BCUT2D eigenvalue weighted by Crippen LogP contribution is -2.08. The van der Waals surface area contributed by atoms with Gasteiger partial charge in [0.05, 0.1) is 11.4 Å². The van der Waals surface area contributed by atoms with Gasteiger partial charge in [-0.3, -0.25) is 4.98 Å². The third-order valence-corrected chi connectivity index (χ3v) is 5.13. The lowest BCUT2D eigenvalue weighted by atomic mass is 10.1. The molecule has 3 aromatic rings. The number of aromatic nitrogens is 3. The van der Waals surface area contributed by atoms with Crippen molar-refractivity contribution in [2.45, 2.75) is 33.1 Å². The van der Waals surface area contributed by atoms with Crippen LogP contribution in [0.2, 0.25) is 0 Å². The molecule has 0 atom stereocenters. The Morgan fingerprint density at radius 3 is 2.84 bits per heavy atom. The molecular weight excluding hydrogens is 376 g/mol. The number of nitrogens with one attached hydrogen (secondary N) is 1. The molecule has 0 saturated carbocycles. The first-order valence-corrected chi connectivity index (χ1v) is 9.47. The summed E-state index contributed by atoms with van der Waals surface area (Å²) in [6.07, 6.45) is 7.09. The van der Waals surface area contributed by atoms with Gasteiger partial charge in [-0.15, -0.1) is 0 Å². The van der Waals surface area contributed by atoms with Crippen molar-refractivity contribution in [3.8, 4) is 16.9 Å². The van der Waals surface area contributed by atoms with E-state index in [1.54, 1.807) is 0 Å². The highest BCUT2D eigenvalue weighted by atomic mass is 79.9. The molecule has 1 aromatic carbocycles. The maximum atomic E-state index is 5.01. The lowest BCUT2D eigenvalue weighted by molar-refractivity contribution is 0.779. The second-order valence-electron chi connectivity index (χ2n) is 6.65. The zero-order valence-electron chi connectivity index (χ0n) is 14.5. The van der Waals surface area contributed by atoms with Crippen molar-refractivity contribution in [1.29, 1.82) is 0 Å². The van der Waals surface area contributed by atoms with Crippen LogP contribution in [0.5, 0.6) is 0 Å². The number of rotatable bonds is 2. The molecule has 0 unspecified atom stereocenters. The van der Waals surface area contributed by atoms with E-state index in [-0.39, 0.29) is 0 Å². The molecule has 0 radical (unpaired) electrons. The molecule has 128 valence electrons. The lowest BCUT2D eigenvalue weighted by Gasteiger charge is -2.12. The number of anilines is 1. The molecular formula is C20H21BrN4. The molecule has 0 fully saturated rings. The highest BCUT2D eigenvalue weighted by molar-refractivity contribution is 9.10. The van der Waals surface area contributed by atoms with E-state index in [4.69, 9.17) is 5.10 Å². The van der Waals surface area contributed by atoms with Gasteiger partial charge in [-0.2, -0.15) is 5.10 Å². The van der Waals surface area contributed by atoms with Crippen molar-refractivity contribution >= 4 is 21.7 Å².